The average Bonchev–Trinajstić information content (AvgIpc) is 2.74. The summed E-state index contributed by atoms with van der Waals surface area (Å²) in [6.45, 7) is 3.93. The number of benzene rings is 2. The van der Waals surface area contributed by atoms with Crippen molar-refractivity contribution in [2.45, 2.75) is 51.6 Å². The summed E-state index contributed by atoms with van der Waals surface area (Å²) in [7, 11) is 0. The minimum atomic E-state index is -0.334. The molecule has 1 aliphatic carbocycles. The number of carbonyl (C=O) groups excluding carboxylic acids is 1. The summed E-state index contributed by atoms with van der Waals surface area (Å²) in [5.41, 5.74) is 2.73. The van der Waals surface area contributed by atoms with E-state index in [2.05, 4.69) is 29.7 Å². The summed E-state index contributed by atoms with van der Waals surface area (Å²) in [5.74, 6) is 0.608. The zero-order valence-electron chi connectivity index (χ0n) is 17.5. The lowest BCUT2D eigenvalue weighted by molar-refractivity contribution is -0.126. The predicted molar refractivity (Wildman–Crippen MR) is 119 cm³/mol. The molecule has 30 heavy (non-hydrogen) atoms. The molecular weight excluding hydrogens is 377 g/mol. The van der Waals surface area contributed by atoms with Crippen LogP contribution in [-0.4, -0.2) is 16.9 Å². The highest BCUT2D eigenvalue weighted by molar-refractivity contribution is 5.83. The third-order valence-corrected chi connectivity index (χ3v) is 6.10. The van der Waals surface area contributed by atoms with E-state index in [1.807, 2.05) is 25.1 Å². The van der Waals surface area contributed by atoms with Crippen LogP contribution in [0.2, 0.25) is 0 Å². The topological polar surface area (TPSA) is 54.0 Å². The van der Waals surface area contributed by atoms with Crippen LogP contribution in [-0.2, 0) is 4.79 Å². The van der Waals surface area contributed by atoms with Crippen LogP contribution in [0.3, 0.4) is 0 Å². The molecule has 0 spiro atoms. The fourth-order valence-electron chi connectivity index (χ4n) is 4.37. The number of pyridine rings is 1. The van der Waals surface area contributed by atoms with Crippen molar-refractivity contribution in [1.82, 2.24) is 10.3 Å². The van der Waals surface area contributed by atoms with Gasteiger partial charge in [-0.1, -0.05) is 36.4 Å². The van der Waals surface area contributed by atoms with Gasteiger partial charge < -0.3 is 10.6 Å². The lowest BCUT2D eigenvalue weighted by Crippen LogP contribution is -2.37. The number of halogens is 1. The van der Waals surface area contributed by atoms with Crippen molar-refractivity contribution in [3.05, 3.63) is 71.5 Å². The summed E-state index contributed by atoms with van der Waals surface area (Å²) in [6, 6.07) is 16.8. The molecule has 1 amide bonds. The van der Waals surface area contributed by atoms with E-state index in [-0.39, 0.29) is 23.7 Å². The number of aryl methyl sites for hydroxylation is 1. The maximum Gasteiger partial charge on any atom is 0.223 e. The first-order valence-electron chi connectivity index (χ1n) is 10.7. The lowest BCUT2D eigenvalue weighted by Gasteiger charge is -2.29. The standard InChI is InChI=1S/C25H28FN3O/c1-16-15-24(29-23-10-6-4-7-20(16)23)28-19-13-11-18(12-14-19)25(30)27-17(2)21-8-3-5-9-22(21)26/h3-10,15,17-19H,11-14H2,1-2H3,(H,27,30)(H,28,29)/t17-,18?,19?/m0/s1. The highest BCUT2D eigenvalue weighted by Crippen LogP contribution is 2.28. The summed E-state index contributed by atoms with van der Waals surface area (Å²) in [4.78, 5) is 17.4. The third-order valence-electron chi connectivity index (χ3n) is 6.10. The minimum Gasteiger partial charge on any atom is -0.367 e. The molecule has 1 aromatic heterocycles. The van der Waals surface area contributed by atoms with Crippen molar-refractivity contribution in [3.63, 3.8) is 0 Å². The van der Waals surface area contributed by atoms with Crippen molar-refractivity contribution < 1.29 is 9.18 Å². The molecule has 5 heteroatoms. The van der Waals surface area contributed by atoms with E-state index < -0.39 is 0 Å². The number of para-hydroxylation sites is 1. The van der Waals surface area contributed by atoms with E-state index in [0.717, 1.165) is 37.0 Å². The van der Waals surface area contributed by atoms with E-state index in [0.29, 0.717) is 11.6 Å². The van der Waals surface area contributed by atoms with Crippen LogP contribution in [0.1, 0.15) is 49.8 Å². The Balaban J connectivity index is 1.33. The maximum atomic E-state index is 14.0. The van der Waals surface area contributed by atoms with Gasteiger partial charge in [0.25, 0.3) is 0 Å². The Morgan fingerprint density at radius 1 is 1.07 bits per heavy atom. The zero-order chi connectivity index (χ0) is 21.1. The molecule has 4 nitrogen and oxygen atoms in total. The Labute approximate surface area is 176 Å². The van der Waals surface area contributed by atoms with Gasteiger partial charge in [0.2, 0.25) is 5.91 Å². The van der Waals surface area contributed by atoms with Gasteiger partial charge in [-0.15, -0.1) is 0 Å². The highest BCUT2D eigenvalue weighted by atomic mass is 19.1. The van der Waals surface area contributed by atoms with Gasteiger partial charge in [-0.2, -0.15) is 0 Å². The maximum absolute atomic E-state index is 14.0. The van der Waals surface area contributed by atoms with Gasteiger partial charge in [0, 0.05) is 22.9 Å². The van der Waals surface area contributed by atoms with Gasteiger partial charge in [0.1, 0.15) is 11.6 Å². The van der Waals surface area contributed by atoms with E-state index >= 15 is 0 Å². The lowest BCUT2D eigenvalue weighted by atomic mass is 9.85. The first-order chi connectivity index (χ1) is 14.5. The van der Waals surface area contributed by atoms with E-state index in [4.69, 9.17) is 4.98 Å². The third kappa shape index (κ3) is 4.45. The second-order valence-corrected chi connectivity index (χ2v) is 8.29. The van der Waals surface area contributed by atoms with Crippen LogP contribution in [0.15, 0.2) is 54.6 Å². The minimum absolute atomic E-state index is 0.0175. The van der Waals surface area contributed by atoms with Crippen molar-refractivity contribution >= 4 is 22.6 Å². The zero-order valence-corrected chi connectivity index (χ0v) is 17.5. The first-order valence-corrected chi connectivity index (χ1v) is 10.7. The molecule has 0 aliphatic heterocycles. The molecule has 4 rings (SSSR count). The van der Waals surface area contributed by atoms with E-state index in [1.54, 1.807) is 18.2 Å². The van der Waals surface area contributed by atoms with Crippen LogP contribution < -0.4 is 10.6 Å². The molecule has 1 saturated carbocycles. The largest absolute Gasteiger partial charge is 0.367 e. The Kier molecular flexibility index (Phi) is 5.98. The molecule has 0 bridgehead atoms. The number of anilines is 1. The Bertz CT molecular complexity index is 1040. The van der Waals surface area contributed by atoms with Crippen LogP contribution >= 0.6 is 0 Å². The molecule has 1 aliphatic rings. The Morgan fingerprint density at radius 3 is 2.53 bits per heavy atom. The van der Waals surface area contributed by atoms with Gasteiger partial charge in [-0.05, 0) is 63.3 Å². The van der Waals surface area contributed by atoms with Gasteiger partial charge in [-0.3, -0.25) is 4.79 Å². The quantitative estimate of drug-likeness (QED) is 0.587. The molecule has 2 N–H and O–H groups in total. The summed E-state index contributed by atoms with van der Waals surface area (Å²) in [5, 5.41) is 7.72. The number of rotatable bonds is 5. The van der Waals surface area contributed by atoms with Crippen molar-refractivity contribution in [2.24, 2.45) is 5.92 Å². The first kappa shape index (κ1) is 20.3. The van der Waals surface area contributed by atoms with Crippen molar-refractivity contribution in [2.75, 3.05) is 5.32 Å². The average molecular weight is 406 g/mol. The Hall–Kier alpha value is -2.95. The van der Waals surface area contributed by atoms with E-state index in [1.165, 1.54) is 17.0 Å². The molecule has 0 saturated heterocycles. The molecule has 3 aromatic rings. The van der Waals surface area contributed by atoms with Crippen LogP contribution in [0.4, 0.5) is 10.2 Å². The smallest absolute Gasteiger partial charge is 0.223 e. The number of hydrogen-bond acceptors (Lipinski definition) is 3. The van der Waals surface area contributed by atoms with Gasteiger partial charge in [0.15, 0.2) is 0 Å². The molecule has 1 atom stereocenters. The van der Waals surface area contributed by atoms with E-state index in [9.17, 15) is 9.18 Å². The summed E-state index contributed by atoms with van der Waals surface area (Å²) in [6.07, 6.45) is 3.47. The number of hydrogen-bond donors (Lipinski definition) is 2. The normalized spacial score (nSPS) is 20.0. The van der Waals surface area contributed by atoms with Crippen LogP contribution in [0, 0.1) is 18.7 Å². The second kappa shape index (κ2) is 8.82. The van der Waals surface area contributed by atoms with Crippen LogP contribution in [0.5, 0.6) is 0 Å². The fraction of sp³-hybridized carbons (Fsp3) is 0.360. The molecule has 1 fully saturated rings. The molecule has 1 heterocycles. The fourth-order valence-corrected chi connectivity index (χ4v) is 4.37. The van der Waals surface area contributed by atoms with Gasteiger partial charge in [-0.25, -0.2) is 9.37 Å². The molecule has 0 unspecified atom stereocenters. The van der Waals surface area contributed by atoms with Gasteiger partial charge in [0.05, 0.1) is 11.6 Å². The number of nitrogens with zero attached hydrogens (tertiary/aromatic N) is 1. The van der Waals surface area contributed by atoms with Crippen molar-refractivity contribution in [1.29, 1.82) is 0 Å². The number of carbonyl (C=O) groups is 1. The number of nitrogens with one attached hydrogen (secondary N) is 2. The number of fused-ring (bicyclic) bond motifs is 1. The SMILES string of the molecule is Cc1cc(NC2CCC(C(=O)N[C@@H](C)c3ccccc3F)CC2)nc2ccccc12. The molecular formula is C25H28FN3O. The molecule has 156 valence electrons. The van der Waals surface area contributed by atoms with Crippen molar-refractivity contribution in [3.8, 4) is 0 Å². The second-order valence-electron chi connectivity index (χ2n) is 8.29. The monoisotopic (exact) mass is 405 g/mol. The number of aromatic nitrogens is 1. The Morgan fingerprint density at radius 2 is 1.77 bits per heavy atom. The summed E-state index contributed by atoms with van der Waals surface area (Å²) < 4.78 is 14.0. The summed E-state index contributed by atoms with van der Waals surface area (Å²) >= 11 is 0. The van der Waals surface area contributed by atoms with Crippen LogP contribution in [0.25, 0.3) is 10.9 Å². The predicted octanol–water partition coefficient (Wildman–Crippen LogP) is 5.53. The molecule has 2 aromatic carbocycles. The highest BCUT2D eigenvalue weighted by Gasteiger charge is 2.27. The molecule has 0 radical (unpaired) electrons. The number of amides is 1. The van der Waals surface area contributed by atoms with Gasteiger partial charge >= 0.3 is 0 Å².